The smallest absolute Gasteiger partial charge is 0.263 e. The van der Waals surface area contributed by atoms with Crippen LogP contribution in [0.25, 0.3) is 0 Å². The van der Waals surface area contributed by atoms with Crippen LogP contribution in [0.3, 0.4) is 0 Å². The first-order valence-electron chi connectivity index (χ1n) is 5.68. The summed E-state index contributed by atoms with van der Waals surface area (Å²) in [5.74, 6) is 1.34. The van der Waals surface area contributed by atoms with Gasteiger partial charge in [-0.2, -0.15) is 5.21 Å². The summed E-state index contributed by atoms with van der Waals surface area (Å²) in [5.41, 5.74) is 1.04. The van der Waals surface area contributed by atoms with Gasteiger partial charge in [0.15, 0.2) is 0 Å². The Morgan fingerprint density at radius 2 is 2.33 bits per heavy atom. The summed E-state index contributed by atoms with van der Waals surface area (Å²) in [7, 11) is 0. The quantitative estimate of drug-likeness (QED) is 0.856. The van der Waals surface area contributed by atoms with Crippen LogP contribution in [0, 0.1) is 0 Å². The molecule has 0 saturated carbocycles. The van der Waals surface area contributed by atoms with Crippen LogP contribution in [-0.4, -0.2) is 27.2 Å². The lowest BCUT2D eigenvalue weighted by Crippen LogP contribution is -2.05. The number of anilines is 1. The monoisotopic (exact) mass is 311 g/mol. The molecule has 0 fully saturated rings. The molecule has 0 unspecified atom stereocenters. The van der Waals surface area contributed by atoms with Crippen LogP contribution in [0.5, 0.6) is 5.75 Å². The van der Waals surface area contributed by atoms with Crippen molar-refractivity contribution in [2.24, 2.45) is 0 Å². The number of rotatable bonds is 6. The Kier molecular flexibility index (Phi) is 4.52. The lowest BCUT2D eigenvalue weighted by Gasteiger charge is -2.11. The molecule has 2 N–H and O–H groups in total. The molecule has 0 bridgehead atoms. The van der Waals surface area contributed by atoms with E-state index in [1.54, 1.807) is 0 Å². The van der Waals surface area contributed by atoms with Gasteiger partial charge in [0.2, 0.25) is 0 Å². The predicted molar refractivity (Wildman–Crippen MR) is 71.4 cm³/mol. The van der Waals surface area contributed by atoms with E-state index in [2.05, 4.69) is 48.8 Å². The molecule has 0 atom stereocenters. The third kappa shape index (κ3) is 3.43. The van der Waals surface area contributed by atoms with Gasteiger partial charge < -0.3 is 10.1 Å². The van der Waals surface area contributed by atoms with Crippen molar-refractivity contribution in [3.05, 3.63) is 28.2 Å². The molecule has 0 aliphatic rings. The minimum Gasteiger partial charge on any atom is -0.493 e. The van der Waals surface area contributed by atoms with Crippen LogP contribution in [0.1, 0.15) is 18.9 Å². The normalized spacial score (nSPS) is 10.3. The van der Waals surface area contributed by atoms with E-state index in [0.717, 1.165) is 22.2 Å². The molecule has 1 heterocycles. The number of aromatic amines is 1. The van der Waals surface area contributed by atoms with E-state index in [1.165, 1.54) is 0 Å². The largest absolute Gasteiger partial charge is 0.493 e. The number of aromatic nitrogens is 4. The third-order valence-electron chi connectivity index (χ3n) is 2.27. The summed E-state index contributed by atoms with van der Waals surface area (Å²) < 4.78 is 6.70. The lowest BCUT2D eigenvalue weighted by atomic mass is 10.2. The first kappa shape index (κ1) is 12.8. The summed E-state index contributed by atoms with van der Waals surface area (Å²) in [6.07, 6.45) is 0.980. The highest BCUT2D eigenvalue weighted by molar-refractivity contribution is 9.10. The van der Waals surface area contributed by atoms with Gasteiger partial charge in [0, 0.05) is 16.6 Å². The second-order valence-electron chi connectivity index (χ2n) is 3.69. The average molecular weight is 312 g/mol. The van der Waals surface area contributed by atoms with E-state index in [9.17, 15) is 0 Å². The molecule has 2 rings (SSSR count). The van der Waals surface area contributed by atoms with Crippen molar-refractivity contribution in [3.63, 3.8) is 0 Å². The fourth-order valence-corrected chi connectivity index (χ4v) is 1.86. The molecule has 0 aliphatic carbocycles. The van der Waals surface area contributed by atoms with Gasteiger partial charge in [-0.05, 0) is 29.8 Å². The van der Waals surface area contributed by atoms with Crippen LogP contribution in [-0.2, 0) is 6.54 Å². The second-order valence-corrected chi connectivity index (χ2v) is 4.61. The van der Waals surface area contributed by atoms with Gasteiger partial charge >= 0.3 is 0 Å². The van der Waals surface area contributed by atoms with Crippen molar-refractivity contribution in [1.82, 2.24) is 20.6 Å². The van der Waals surface area contributed by atoms with Gasteiger partial charge in [-0.3, -0.25) is 0 Å². The molecule has 1 aromatic heterocycles. The second kappa shape index (κ2) is 6.34. The highest BCUT2D eigenvalue weighted by Crippen LogP contribution is 2.24. The Bertz CT molecular complexity index is 488. The summed E-state index contributed by atoms with van der Waals surface area (Å²) in [5, 5.41) is 16.6. The first-order chi connectivity index (χ1) is 8.79. The molecule has 96 valence electrons. The number of nitrogens with zero attached hydrogens (tertiary/aromatic N) is 3. The molecule has 0 radical (unpaired) electrons. The fraction of sp³-hybridized carbons (Fsp3) is 0.364. The summed E-state index contributed by atoms with van der Waals surface area (Å²) in [4.78, 5) is 0. The number of hydrogen-bond donors (Lipinski definition) is 2. The van der Waals surface area contributed by atoms with Crippen LogP contribution >= 0.6 is 15.9 Å². The maximum atomic E-state index is 5.69. The molecule has 0 saturated heterocycles. The van der Waals surface area contributed by atoms with Gasteiger partial charge in [0.1, 0.15) is 5.75 Å². The SMILES string of the molecule is CCCOc1ccc(Br)cc1CNc1nn[nH]n1. The average Bonchev–Trinajstić information content (AvgIpc) is 2.88. The molecule has 0 aliphatic heterocycles. The van der Waals surface area contributed by atoms with Gasteiger partial charge in [-0.1, -0.05) is 28.0 Å². The van der Waals surface area contributed by atoms with Crippen molar-refractivity contribution in [1.29, 1.82) is 0 Å². The Morgan fingerprint density at radius 1 is 1.44 bits per heavy atom. The summed E-state index contributed by atoms with van der Waals surface area (Å²) in [6.45, 7) is 3.37. The minimum atomic E-state index is 0.469. The van der Waals surface area contributed by atoms with E-state index in [4.69, 9.17) is 4.74 Å². The van der Waals surface area contributed by atoms with Gasteiger partial charge in [-0.15, -0.1) is 5.10 Å². The maximum absolute atomic E-state index is 5.69. The van der Waals surface area contributed by atoms with Crippen molar-refractivity contribution in [2.75, 3.05) is 11.9 Å². The highest BCUT2D eigenvalue weighted by atomic mass is 79.9. The van der Waals surface area contributed by atoms with Crippen molar-refractivity contribution >= 4 is 21.9 Å². The zero-order chi connectivity index (χ0) is 12.8. The van der Waals surface area contributed by atoms with E-state index < -0.39 is 0 Å². The molecular formula is C11H14BrN5O. The van der Waals surface area contributed by atoms with Crippen molar-refractivity contribution < 1.29 is 4.74 Å². The molecule has 1 aromatic carbocycles. The molecule has 2 aromatic rings. The predicted octanol–water partition coefficient (Wildman–Crippen LogP) is 2.36. The topological polar surface area (TPSA) is 75.7 Å². The number of hydrogen-bond acceptors (Lipinski definition) is 5. The minimum absolute atomic E-state index is 0.469. The van der Waals surface area contributed by atoms with Gasteiger partial charge in [0.25, 0.3) is 5.95 Å². The standard InChI is InChI=1S/C11H14BrN5O/c1-2-5-18-10-4-3-9(12)6-8(10)7-13-11-14-16-17-15-11/h3-4,6H,2,5,7H2,1H3,(H2,13,14,15,16,17). The number of tetrazole rings is 1. The van der Waals surface area contributed by atoms with Crippen molar-refractivity contribution in [3.8, 4) is 5.75 Å². The lowest BCUT2D eigenvalue weighted by molar-refractivity contribution is 0.314. The zero-order valence-electron chi connectivity index (χ0n) is 9.98. The van der Waals surface area contributed by atoms with E-state index in [0.29, 0.717) is 19.1 Å². The molecule has 0 amide bonds. The first-order valence-corrected chi connectivity index (χ1v) is 6.47. The molecule has 7 heteroatoms. The Labute approximate surface area is 113 Å². The van der Waals surface area contributed by atoms with Crippen LogP contribution < -0.4 is 10.1 Å². The fourth-order valence-electron chi connectivity index (χ4n) is 1.45. The number of H-pyrrole nitrogens is 1. The zero-order valence-corrected chi connectivity index (χ0v) is 11.6. The Hall–Kier alpha value is -1.63. The van der Waals surface area contributed by atoms with Crippen LogP contribution in [0.4, 0.5) is 5.95 Å². The van der Waals surface area contributed by atoms with E-state index in [-0.39, 0.29) is 0 Å². The highest BCUT2D eigenvalue weighted by Gasteiger charge is 2.06. The third-order valence-corrected chi connectivity index (χ3v) is 2.76. The molecule has 0 spiro atoms. The van der Waals surface area contributed by atoms with Crippen LogP contribution in [0.15, 0.2) is 22.7 Å². The van der Waals surface area contributed by atoms with E-state index in [1.807, 2.05) is 18.2 Å². The van der Waals surface area contributed by atoms with Gasteiger partial charge in [-0.25, -0.2) is 0 Å². The number of ether oxygens (including phenoxy) is 1. The Balaban J connectivity index is 2.06. The van der Waals surface area contributed by atoms with Crippen molar-refractivity contribution in [2.45, 2.75) is 19.9 Å². The molecular weight excluding hydrogens is 298 g/mol. The summed E-state index contributed by atoms with van der Waals surface area (Å²) >= 11 is 3.45. The number of nitrogens with one attached hydrogen (secondary N) is 2. The maximum Gasteiger partial charge on any atom is 0.263 e. The Morgan fingerprint density at radius 3 is 3.06 bits per heavy atom. The molecule has 18 heavy (non-hydrogen) atoms. The molecule has 6 nitrogen and oxygen atoms in total. The van der Waals surface area contributed by atoms with Gasteiger partial charge in [0.05, 0.1) is 6.61 Å². The number of benzene rings is 1. The van der Waals surface area contributed by atoms with Crippen LogP contribution in [0.2, 0.25) is 0 Å². The van der Waals surface area contributed by atoms with E-state index >= 15 is 0 Å². The summed E-state index contributed by atoms with van der Waals surface area (Å²) in [6, 6.07) is 5.92. The number of halogens is 1.